The van der Waals surface area contributed by atoms with Crippen LogP contribution in [0.1, 0.15) is 44.2 Å². The predicted octanol–water partition coefficient (Wildman–Crippen LogP) is 2.83. The summed E-state index contributed by atoms with van der Waals surface area (Å²) in [6, 6.07) is 7.80. The monoisotopic (exact) mass is 286 g/mol. The minimum absolute atomic E-state index is 0.295. The highest BCUT2D eigenvalue weighted by Gasteiger charge is 2.56. The van der Waals surface area contributed by atoms with E-state index >= 15 is 0 Å². The maximum absolute atomic E-state index is 12.4. The summed E-state index contributed by atoms with van der Waals surface area (Å²) in [7, 11) is 0. The van der Waals surface area contributed by atoms with Gasteiger partial charge in [0.2, 0.25) is 0 Å². The Kier molecular flexibility index (Phi) is 4.39. The van der Waals surface area contributed by atoms with Crippen molar-refractivity contribution in [2.24, 2.45) is 5.41 Å². The van der Waals surface area contributed by atoms with Crippen LogP contribution in [0.2, 0.25) is 0 Å². The molecule has 0 unspecified atom stereocenters. The molecule has 2 rings (SSSR count). The lowest BCUT2D eigenvalue weighted by Gasteiger charge is -2.33. The van der Waals surface area contributed by atoms with Gasteiger partial charge in [-0.3, -0.25) is 4.79 Å². The van der Waals surface area contributed by atoms with Crippen LogP contribution >= 0.6 is 0 Å². The first-order chi connectivity index (χ1) is 9.91. The molecule has 1 aliphatic carbocycles. The van der Waals surface area contributed by atoms with Crippen LogP contribution in [0.5, 0.6) is 0 Å². The van der Waals surface area contributed by atoms with Crippen molar-refractivity contribution in [1.82, 2.24) is 0 Å². The Labute approximate surface area is 126 Å². The second-order valence-corrected chi connectivity index (χ2v) is 5.87. The van der Waals surface area contributed by atoms with E-state index in [0.717, 1.165) is 17.5 Å². The van der Waals surface area contributed by atoms with Gasteiger partial charge in [0.25, 0.3) is 0 Å². The number of hydrogen-bond acceptors (Lipinski definition) is 3. The van der Waals surface area contributed by atoms with Gasteiger partial charge < -0.3 is 9.84 Å². The lowest BCUT2D eigenvalue weighted by molar-refractivity contribution is -0.162. The van der Waals surface area contributed by atoms with Crippen LogP contribution in [0, 0.1) is 24.2 Å². The Hall–Kier alpha value is -1.79. The molecule has 1 aromatic carbocycles. The summed E-state index contributed by atoms with van der Waals surface area (Å²) in [5.74, 6) is 5.66. The molecule has 3 nitrogen and oxygen atoms in total. The number of ether oxygens (including phenoxy) is 1. The van der Waals surface area contributed by atoms with E-state index in [1.54, 1.807) is 13.8 Å². The zero-order valence-corrected chi connectivity index (χ0v) is 12.9. The van der Waals surface area contributed by atoms with Crippen molar-refractivity contribution in [2.75, 3.05) is 6.61 Å². The largest absolute Gasteiger partial charge is 0.465 e. The summed E-state index contributed by atoms with van der Waals surface area (Å²) in [5, 5.41) is 10.6. The number of esters is 1. The molecule has 112 valence electrons. The fourth-order valence-electron chi connectivity index (χ4n) is 2.82. The van der Waals surface area contributed by atoms with Gasteiger partial charge in [0, 0.05) is 5.56 Å². The van der Waals surface area contributed by atoms with Gasteiger partial charge in [0.05, 0.1) is 12.2 Å². The third-order valence-corrected chi connectivity index (χ3v) is 4.23. The van der Waals surface area contributed by atoms with E-state index in [0.29, 0.717) is 19.4 Å². The second kappa shape index (κ2) is 5.91. The fourth-order valence-corrected chi connectivity index (χ4v) is 2.82. The summed E-state index contributed by atoms with van der Waals surface area (Å²) in [5.41, 5.74) is -0.259. The Bertz CT molecular complexity index is 575. The highest BCUT2D eigenvalue weighted by atomic mass is 16.5. The summed E-state index contributed by atoms with van der Waals surface area (Å²) >= 11 is 0. The molecule has 1 N–H and O–H groups in total. The molecule has 21 heavy (non-hydrogen) atoms. The van der Waals surface area contributed by atoms with Gasteiger partial charge in [-0.1, -0.05) is 29.5 Å². The van der Waals surface area contributed by atoms with Crippen molar-refractivity contribution in [1.29, 1.82) is 0 Å². The first-order valence-corrected chi connectivity index (χ1v) is 7.41. The molecule has 2 atom stereocenters. The number of carbonyl (C=O) groups excluding carboxylic acids is 1. The van der Waals surface area contributed by atoms with Crippen molar-refractivity contribution < 1.29 is 14.6 Å². The van der Waals surface area contributed by atoms with E-state index in [-0.39, 0.29) is 0 Å². The molecule has 0 saturated heterocycles. The van der Waals surface area contributed by atoms with E-state index in [1.165, 1.54) is 0 Å². The summed E-state index contributed by atoms with van der Waals surface area (Å²) in [6.45, 7) is 5.76. The van der Waals surface area contributed by atoms with E-state index in [2.05, 4.69) is 11.8 Å². The molecule has 1 fully saturated rings. The van der Waals surface area contributed by atoms with Crippen LogP contribution < -0.4 is 0 Å². The quantitative estimate of drug-likeness (QED) is 0.672. The van der Waals surface area contributed by atoms with Gasteiger partial charge in [-0.2, -0.15) is 0 Å². The van der Waals surface area contributed by atoms with Crippen molar-refractivity contribution in [2.45, 2.75) is 45.6 Å². The lowest BCUT2D eigenvalue weighted by Crippen LogP contribution is -2.47. The van der Waals surface area contributed by atoms with Gasteiger partial charge in [-0.05, 0) is 52.2 Å². The predicted molar refractivity (Wildman–Crippen MR) is 81.6 cm³/mol. The Morgan fingerprint density at radius 3 is 2.52 bits per heavy atom. The average Bonchev–Trinajstić information content (AvgIpc) is 2.74. The van der Waals surface area contributed by atoms with Gasteiger partial charge in [-0.25, -0.2) is 0 Å². The lowest BCUT2D eigenvalue weighted by atomic mass is 9.75. The van der Waals surface area contributed by atoms with Crippen LogP contribution in [0.4, 0.5) is 0 Å². The molecule has 0 bridgehead atoms. The van der Waals surface area contributed by atoms with Crippen LogP contribution in [-0.2, 0) is 9.53 Å². The van der Waals surface area contributed by atoms with Crippen molar-refractivity contribution in [3.05, 3.63) is 35.4 Å². The molecule has 3 heteroatoms. The number of aliphatic hydroxyl groups is 1. The summed E-state index contributed by atoms with van der Waals surface area (Å²) in [6.07, 6.45) is 1.88. The van der Waals surface area contributed by atoms with Crippen LogP contribution in [-0.4, -0.2) is 23.3 Å². The van der Waals surface area contributed by atoms with Gasteiger partial charge in [-0.15, -0.1) is 0 Å². The normalized spacial score (nSPS) is 27.8. The van der Waals surface area contributed by atoms with Crippen molar-refractivity contribution in [3.63, 3.8) is 0 Å². The van der Waals surface area contributed by atoms with Gasteiger partial charge in [0.1, 0.15) is 0 Å². The first kappa shape index (κ1) is 15.6. The highest BCUT2D eigenvalue weighted by Crippen LogP contribution is 2.47. The third kappa shape index (κ3) is 2.96. The van der Waals surface area contributed by atoms with E-state index < -0.39 is 17.0 Å². The molecular weight excluding hydrogens is 264 g/mol. The minimum Gasteiger partial charge on any atom is -0.465 e. The molecule has 0 aliphatic heterocycles. The Balaban J connectivity index is 2.38. The third-order valence-electron chi connectivity index (χ3n) is 4.23. The van der Waals surface area contributed by atoms with Crippen molar-refractivity contribution >= 4 is 5.97 Å². The zero-order valence-electron chi connectivity index (χ0n) is 12.9. The number of rotatable bonds is 2. The molecule has 0 amide bonds. The Morgan fingerprint density at radius 2 is 2.00 bits per heavy atom. The van der Waals surface area contributed by atoms with E-state index in [9.17, 15) is 9.90 Å². The second-order valence-electron chi connectivity index (χ2n) is 5.87. The number of aryl methyl sites for hydroxylation is 1. The van der Waals surface area contributed by atoms with Crippen LogP contribution in [0.3, 0.4) is 0 Å². The molecule has 0 aromatic heterocycles. The molecule has 1 saturated carbocycles. The average molecular weight is 286 g/mol. The maximum atomic E-state index is 12.4. The van der Waals surface area contributed by atoms with E-state index in [4.69, 9.17) is 4.74 Å². The minimum atomic E-state index is -1.14. The molecule has 0 radical (unpaired) electrons. The topological polar surface area (TPSA) is 46.5 Å². The maximum Gasteiger partial charge on any atom is 0.327 e. The zero-order chi connectivity index (χ0) is 15.5. The van der Waals surface area contributed by atoms with Gasteiger partial charge in [0.15, 0.2) is 5.41 Å². The smallest absolute Gasteiger partial charge is 0.327 e. The van der Waals surface area contributed by atoms with Crippen LogP contribution in [0.15, 0.2) is 24.3 Å². The van der Waals surface area contributed by atoms with Gasteiger partial charge >= 0.3 is 5.97 Å². The molecule has 0 heterocycles. The van der Waals surface area contributed by atoms with Crippen LogP contribution in [0.25, 0.3) is 0 Å². The van der Waals surface area contributed by atoms with Crippen molar-refractivity contribution in [3.8, 4) is 11.8 Å². The SMILES string of the molecule is CCOC(=O)[C@@]1(C#Cc2ccc(C)cc2)CCC[C@]1(C)O. The standard InChI is InChI=1S/C18H22O3/c1-4-21-16(19)18(12-5-11-17(18,3)20)13-10-15-8-6-14(2)7-9-15/h6-9,20H,4-5,11-12H2,1-3H3/t17-,18-/m0/s1. The number of benzene rings is 1. The number of hydrogen-bond donors (Lipinski definition) is 1. The first-order valence-electron chi connectivity index (χ1n) is 7.41. The molecule has 1 aromatic rings. The summed E-state index contributed by atoms with van der Waals surface area (Å²) in [4.78, 5) is 12.4. The Morgan fingerprint density at radius 1 is 1.33 bits per heavy atom. The fraction of sp³-hybridized carbons (Fsp3) is 0.500. The molecular formula is C18H22O3. The molecule has 1 aliphatic rings. The highest BCUT2D eigenvalue weighted by molar-refractivity contribution is 5.83. The van der Waals surface area contributed by atoms with E-state index in [1.807, 2.05) is 31.2 Å². The summed E-state index contributed by atoms with van der Waals surface area (Å²) < 4.78 is 5.17. The number of carbonyl (C=O) groups is 1. The molecule has 0 spiro atoms.